The van der Waals surface area contributed by atoms with Crippen molar-refractivity contribution < 1.29 is 13.6 Å². The third-order valence-corrected chi connectivity index (χ3v) is 5.52. The average Bonchev–Trinajstić information content (AvgIpc) is 3.22. The van der Waals surface area contributed by atoms with Gasteiger partial charge in [0.1, 0.15) is 24.3 Å². The highest BCUT2D eigenvalue weighted by Crippen LogP contribution is 2.36. The van der Waals surface area contributed by atoms with E-state index in [2.05, 4.69) is 15.1 Å². The van der Waals surface area contributed by atoms with Crippen molar-refractivity contribution in [3.63, 3.8) is 0 Å². The number of aryl methyl sites for hydroxylation is 1. The first-order valence-electron chi connectivity index (χ1n) is 9.79. The van der Waals surface area contributed by atoms with Crippen LogP contribution >= 0.6 is 11.9 Å². The van der Waals surface area contributed by atoms with Gasteiger partial charge in [0, 0.05) is 47.6 Å². The summed E-state index contributed by atoms with van der Waals surface area (Å²) in [7, 11) is 3.10. The highest BCUT2D eigenvalue weighted by atomic mass is 32.2. The third-order valence-electron chi connectivity index (χ3n) is 4.85. The van der Waals surface area contributed by atoms with Gasteiger partial charge in [0.05, 0.1) is 17.3 Å². The summed E-state index contributed by atoms with van der Waals surface area (Å²) >= 11 is 1.53. The van der Waals surface area contributed by atoms with E-state index in [-0.39, 0.29) is 11.2 Å². The first kappa shape index (κ1) is 21.7. The molecule has 4 rings (SSSR count). The summed E-state index contributed by atoms with van der Waals surface area (Å²) in [5.74, 6) is -0.512. The van der Waals surface area contributed by atoms with Gasteiger partial charge in [-0.25, -0.2) is 8.78 Å². The van der Waals surface area contributed by atoms with E-state index in [4.69, 9.17) is 4.84 Å². The number of fused-ring (bicyclic) bond motifs is 1. The Hall–Kier alpha value is -3.53. The number of nitrogens with zero attached hydrogens (tertiary/aromatic N) is 3. The second kappa shape index (κ2) is 8.91. The van der Waals surface area contributed by atoms with E-state index in [1.807, 2.05) is 19.1 Å². The summed E-state index contributed by atoms with van der Waals surface area (Å²) in [4.78, 5) is 19.0. The van der Waals surface area contributed by atoms with E-state index in [0.29, 0.717) is 27.7 Å². The standard InChI is InChI=1S/C22H21F2N5O2S/c1-4-32-27-14-6-8-19(25-20-7-5-13(23)9-18(20)24)15(10-14)16-11-28(2)22(30)17-12-29(31-3)26-21(16)17/h5-12,25,27H,4H2,1-3H3. The molecule has 2 aromatic carbocycles. The minimum absolute atomic E-state index is 0.125. The van der Waals surface area contributed by atoms with Gasteiger partial charge in [-0.3, -0.25) is 4.79 Å². The molecule has 166 valence electrons. The predicted octanol–water partition coefficient (Wildman–Crippen LogP) is 4.56. The summed E-state index contributed by atoms with van der Waals surface area (Å²) in [6.45, 7) is 2.03. The molecule has 0 aliphatic carbocycles. The lowest BCUT2D eigenvalue weighted by Crippen LogP contribution is -2.16. The van der Waals surface area contributed by atoms with E-state index in [9.17, 15) is 13.6 Å². The van der Waals surface area contributed by atoms with Crippen LogP contribution in [0.1, 0.15) is 6.92 Å². The molecule has 0 saturated carbocycles. The lowest BCUT2D eigenvalue weighted by Gasteiger charge is -2.16. The van der Waals surface area contributed by atoms with Gasteiger partial charge in [-0.2, -0.15) is 0 Å². The van der Waals surface area contributed by atoms with Crippen LogP contribution in [0.2, 0.25) is 0 Å². The Morgan fingerprint density at radius 1 is 1.09 bits per heavy atom. The van der Waals surface area contributed by atoms with Gasteiger partial charge in [-0.1, -0.05) is 18.9 Å². The van der Waals surface area contributed by atoms with Crippen molar-refractivity contribution in [1.82, 2.24) is 14.5 Å². The van der Waals surface area contributed by atoms with Gasteiger partial charge >= 0.3 is 0 Å². The van der Waals surface area contributed by atoms with Crippen molar-refractivity contribution in [2.75, 3.05) is 22.9 Å². The molecule has 0 amide bonds. The smallest absolute Gasteiger partial charge is 0.261 e. The number of anilines is 3. The zero-order valence-corrected chi connectivity index (χ0v) is 18.5. The number of pyridine rings is 1. The number of hydrogen-bond donors (Lipinski definition) is 2. The van der Waals surface area contributed by atoms with Crippen LogP contribution in [0.15, 0.2) is 53.6 Å². The van der Waals surface area contributed by atoms with Crippen LogP contribution < -0.4 is 20.4 Å². The summed E-state index contributed by atoms with van der Waals surface area (Å²) in [6, 6.07) is 8.87. The fourth-order valence-corrected chi connectivity index (χ4v) is 3.77. The summed E-state index contributed by atoms with van der Waals surface area (Å²) in [5.41, 5.74) is 3.06. The van der Waals surface area contributed by atoms with E-state index >= 15 is 0 Å². The summed E-state index contributed by atoms with van der Waals surface area (Å²) in [6.07, 6.45) is 3.19. The van der Waals surface area contributed by atoms with Crippen LogP contribution in [0.3, 0.4) is 0 Å². The number of halogens is 2. The molecule has 0 aliphatic rings. The molecule has 0 bridgehead atoms. The maximum absolute atomic E-state index is 14.3. The van der Waals surface area contributed by atoms with Gasteiger partial charge in [0.25, 0.3) is 5.56 Å². The predicted molar refractivity (Wildman–Crippen MR) is 124 cm³/mol. The van der Waals surface area contributed by atoms with Crippen LogP contribution in [0.5, 0.6) is 0 Å². The molecule has 0 spiro atoms. The Morgan fingerprint density at radius 3 is 2.59 bits per heavy atom. The SMILES string of the molecule is CCSNc1ccc(Nc2ccc(F)cc2F)c(-c2cn(C)c(=O)c3cn(OC)nc23)c1. The second-order valence-electron chi connectivity index (χ2n) is 6.98. The summed E-state index contributed by atoms with van der Waals surface area (Å²) < 4.78 is 32.4. The van der Waals surface area contributed by atoms with Gasteiger partial charge < -0.3 is 19.4 Å². The third kappa shape index (κ3) is 4.13. The minimum Gasteiger partial charge on any atom is -0.400 e. The van der Waals surface area contributed by atoms with Crippen molar-refractivity contribution in [1.29, 1.82) is 0 Å². The Labute approximate surface area is 187 Å². The highest BCUT2D eigenvalue weighted by molar-refractivity contribution is 8.00. The molecule has 0 aliphatic heterocycles. The lowest BCUT2D eigenvalue weighted by atomic mass is 10.0. The fourth-order valence-electron chi connectivity index (χ4n) is 3.33. The first-order valence-corrected chi connectivity index (χ1v) is 10.8. The zero-order chi connectivity index (χ0) is 22.8. The van der Waals surface area contributed by atoms with Crippen molar-refractivity contribution in [2.45, 2.75) is 6.92 Å². The Morgan fingerprint density at radius 2 is 1.88 bits per heavy atom. The molecule has 2 heterocycles. The van der Waals surface area contributed by atoms with E-state index in [1.54, 1.807) is 19.3 Å². The van der Waals surface area contributed by atoms with Crippen LogP contribution in [0.25, 0.3) is 22.0 Å². The minimum atomic E-state index is -0.714. The van der Waals surface area contributed by atoms with Crippen LogP contribution in [0, 0.1) is 11.6 Å². The molecule has 32 heavy (non-hydrogen) atoms. The van der Waals surface area contributed by atoms with E-state index in [0.717, 1.165) is 17.5 Å². The molecule has 0 fully saturated rings. The lowest BCUT2D eigenvalue weighted by molar-refractivity contribution is 0.136. The van der Waals surface area contributed by atoms with Gasteiger partial charge in [0.2, 0.25) is 0 Å². The maximum Gasteiger partial charge on any atom is 0.261 e. The molecule has 2 N–H and O–H groups in total. The molecular weight excluding hydrogens is 436 g/mol. The number of nitrogens with one attached hydrogen (secondary N) is 2. The number of rotatable bonds is 7. The highest BCUT2D eigenvalue weighted by Gasteiger charge is 2.18. The van der Waals surface area contributed by atoms with Gasteiger partial charge in [0.15, 0.2) is 0 Å². The first-order chi connectivity index (χ1) is 15.4. The topological polar surface area (TPSA) is 73.1 Å². The monoisotopic (exact) mass is 457 g/mol. The maximum atomic E-state index is 14.3. The van der Waals surface area contributed by atoms with Gasteiger partial charge in [-0.15, -0.1) is 9.94 Å². The molecule has 2 aromatic heterocycles. The van der Waals surface area contributed by atoms with Crippen molar-refractivity contribution >= 4 is 39.9 Å². The van der Waals surface area contributed by atoms with Crippen molar-refractivity contribution in [3.8, 4) is 11.1 Å². The van der Waals surface area contributed by atoms with E-state index < -0.39 is 11.6 Å². The molecular formula is C22H21F2N5O2S. The molecule has 0 radical (unpaired) electrons. The van der Waals surface area contributed by atoms with Crippen molar-refractivity contribution in [3.05, 3.63) is 70.8 Å². The number of aromatic nitrogens is 3. The fraction of sp³-hybridized carbons (Fsp3) is 0.182. The molecule has 0 saturated heterocycles. The molecule has 4 aromatic rings. The molecule has 0 atom stereocenters. The van der Waals surface area contributed by atoms with Crippen molar-refractivity contribution in [2.24, 2.45) is 7.05 Å². The van der Waals surface area contributed by atoms with Crippen LogP contribution in [0.4, 0.5) is 25.8 Å². The normalized spacial score (nSPS) is 11.0. The van der Waals surface area contributed by atoms with Gasteiger partial charge in [-0.05, 0) is 30.3 Å². The quantitative estimate of drug-likeness (QED) is 0.397. The molecule has 7 nitrogen and oxygen atoms in total. The molecule has 0 unspecified atom stereocenters. The van der Waals surface area contributed by atoms with Crippen LogP contribution in [-0.2, 0) is 7.05 Å². The Balaban J connectivity index is 1.92. The Bertz CT molecular complexity index is 1350. The summed E-state index contributed by atoms with van der Waals surface area (Å²) in [5, 5.41) is 7.80. The van der Waals surface area contributed by atoms with Crippen LogP contribution in [-0.4, -0.2) is 27.4 Å². The van der Waals surface area contributed by atoms with E-state index in [1.165, 1.54) is 46.8 Å². The largest absolute Gasteiger partial charge is 0.400 e. The second-order valence-corrected chi connectivity index (χ2v) is 8.05. The number of hydrogen-bond acceptors (Lipinski definition) is 6. The average molecular weight is 458 g/mol. The molecule has 10 heteroatoms. The zero-order valence-electron chi connectivity index (χ0n) is 17.6. The number of benzene rings is 2. The Kier molecular flexibility index (Phi) is 6.04.